The minimum absolute atomic E-state index is 0.387. The Bertz CT molecular complexity index is 1580. The zero-order chi connectivity index (χ0) is 34.2. The molecule has 48 heavy (non-hydrogen) atoms. The van der Waals surface area contributed by atoms with Crippen LogP contribution in [0.5, 0.6) is 5.75 Å². The van der Waals surface area contributed by atoms with Crippen molar-refractivity contribution in [1.29, 1.82) is 0 Å². The van der Waals surface area contributed by atoms with Crippen molar-refractivity contribution in [1.82, 2.24) is 0 Å². The zero-order valence-electron chi connectivity index (χ0n) is 29.6. The molecule has 5 aromatic rings. The van der Waals surface area contributed by atoms with E-state index in [0.29, 0.717) is 0 Å². The lowest BCUT2D eigenvalue weighted by atomic mass is 9.93. The fourth-order valence-electron chi connectivity index (χ4n) is 5.58. The van der Waals surface area contributed by atoms with Gasteiger partial charge in [0.25, 0.3) is 0 Å². The zero-order valence-corrected chi connectivity index (χ0v) is 29.6. The molecule has 0 bridgehead atoms. The van der Waals surface area contributed by atoms with Crippen molar-refractivity contribution in [3.63, 3.8) is 0 Å². The lowest BCUT2D eigenvalue weighted by molar-refractivity contribution is 0.297. The van der Waals surface area contributed by atoms with Crippen molar-refractivity contribution in [3.8, 4) is 5.75 Å². The Morgan fingerprint density at radius 1 is 0.396 bits per heavy atom. The van der Waals surface area contributed by atoms with Crippen LogP contribution < -0.4 is 24.3 Å². The highest BCUT2D eigenvalue weighted by Crippen LogP contribution is 2.32. The first kappa shape index (κ1) is 33.9. The number of nitrogens with zero attached hydrogens (tertiary/aromatic N) is 4. The van der Waals surface area contributed by atoms with Crippen LogP contribution in [0.3, 0.4) is 0 Å². The quantitative estimate of drug-likeness (QED) is 0.136. The van der Waals surface area contributed by atoms with E-state index < -0.39 is 0 Å². The van der Waals surface area contributed by atoms with Gasteiger partial charge in [-0.1, -0.05) is 66.7 Å². The van der Waals surface area contributed by atoms with Crippen LogP contribution in [0.15, 0.2) is 140 Å². The summed E-state index contributed by atoms with van der Waals surface area (Å²) in [4.78, 5) is 8.49. The molecule has 0 amide bonds. The Balaban J connectivity index is 1.71. The second-order valence-corrected chi connectivity index (χ2v) is 12.8. The fourth-order valence-corrected chi connectivity index (χ4v) is 5.58. The Morgan fingerprint density at radius 2 is 0.667 bits per heavy atom. The molecule has 0 aliphatic rings. The first-order valence-electron chi connectivity index (χ1n) is 16.4. The number of para-hydroxylation sites is 1. The highest BCUT2D eigenvalue weighted by atomic mass is 16.5. The molecule has 0 fully saturated rings. The van der Waals surface area contributed by atoms with Crippen LogP contribution in [0.1, 0.15) is 22.3 Å². The molecule has 0 spiro atoms. The van der Waals surface area contributed by atoms with Crippen LogP contribution in [0.2, 0.25) is 0 Å². The third-order valence-electron chi connectivity index (χ3n) is 8.46. The van der Waals surface area contributed by atoms with Crippen LogP contribution in [-0.4, -0.2) is 62.5 Å². The second-order valence-electron chi connectivity index (χ2n) is 12.8. The molecule has 0 aromatic heterocycles. The van der Waals surface area contributed by atoms with Gasteiger partial charge in [-0.05, 0) is 106 Å². The van der Waals surface area contributed by atoms with Gasteiger partial charge < -0.3 is 24.3 Å². The topological polar surface area (TPSA) is 22.2 Å². The minimum Gasteiger partial charge on any atom is -0.482 e. The van der Waals surface area contributed by atoms with E-state index in [9.17, 15) is 0 Å². The highest BCUT2D eigenvalue weighted by molar-refractivity contribution is 5.84. The monoisotopic (exact) mass is 636 g/mol. The predicted molar refractivity (Wildman–Crippen MR) is 208 cm³/mol. The first-order valence-corrected chi connectivity index (χ1v) is 16.4. The number of hydrogen-bond acceptors (Lipinski definition) is 5. The van der Waals surface area contributed by atoms with E-state index in [1.54, 1.807) is 0 Å². The van der Waals surface area contributed by atoms with Crippen molar-refractivity contribution in [2.45, 2.75) is 6.10 Å². The first-order chi connectivity index (χ1) is 23.1. The summed E-state index contributed by atoms with van der Waals surface area (Å²) in [7, 11) is 16.5. The van der Waals surface area contributed by atoms with Crippen molar-refractivity contribution in [2.24, 2.45) is 0 Å². The van der Waals surface area contributed by atoms with Crippen molar-refractivity contribution in [3.05, 3.63) is 162 Å². The number of rotatable bonds is 12. The predicted octanol–water partition coefficient (Wildman–Crippen LogP) is 8.96. The smallest absolute Gasteiger partial charge is 0.137 e. The molecule has 5 heteroatoms. The Morgan fingerprint density at radius 3 is 0.917 bits per heavy atom. The second kappa shape index (κ2) is 15.4. The Labute approximate surface area is 287 Å². The molecule has 0 heterocycles. The molecule has 5 nitrogen and oxygen atoms in total. The Kier molecular flexibility index (Phi) is 10.9. The van der Waals surface area contributed by atoms with Gasteiger partial charge in [0.2, 0.25) is 0 Å². The average Bonchev–Trinajstić information content (AvgIpc) is 3.10. The maximum Gasteiger partial charge on any atom is 0.137 e. The fraction of sp³-hybridized carbons (Fsp3) is 0.209. The molecule has 246 valence electrons. The molecule has 0 aliphatic heterocycles. The van der Waals surface area contributed by atoms with E-state index in [0.717, 1.165) is 61.9 Å². The molecule has 0 unspecified atom stereocenters. The average molecular weight is 637 g/mol. The van der Waals surface area contributed by atoms with Gasteiger partial charge in [0.1, 0.15) is 11.9 Å². The number of hydrogen-bond donors (Lipinski definition) is 0. The third kappa shape index (κ3) is 8.48. The lowest BCUT2D eigenvalue weighted by Crippen LogP contribution is -2.13. The molecule has 0 saturated carbocycles. The highest BCUT2D eigenvalue weighted by Gasteiger charge is 2.16. The van der Waals surface area contributed by atoms with Crippen LogP contribution in [0.25, 0.3) is 11.1 Å². The van der Waals surface area contributed by atoms with Crippen LogP contribution in [0.4, 0.5) is 22.7 Å². The van der Waals surface area contributed by atoms with E-state index in [1.807, 2.05) is 30.3 Å². The molecular weight excluding hydrogens is 589 g/mol. The van der Waals surface area contributed by atoms with Gasteiger partial charge in [-0.3, -0.25) is 0 Å². The van der Waals surface area contributed by atoms with Gasteiger partial charge in [-0.25, -0.2) is 0 Å². The summed E-state index contributed by atoms with van der Waals surface area (Å²) >= 11 is 0. The molecule has 0 saturated heterocycles. The molecule has 0 N–H and O–H groups in total. The summed E-state index contributed by atoms with van der Waals surface area (Å²) in [6.45, 7) is 0. The normalized spacial score (nSPS) is 10.7. The molecule has 0 atom stereocenters. The maximum absolute atomic E-state index is 6.82. The van der Waals surface area contributed by atoms with Crippen molar-refractivity contribution >= 4 is 33.9 Å². The largest absolute Gasteiger partial charge is 0.482 e. The van der Waals surface area contributed by atoms with Gasteiger partial charge in [0, 0.05) is 79.1 Å². The van der Waals surface area contributed by atoms with Crippen LogP contribution in [0, 0.1) is 0 Å². The summed E-state index contributed by atoms with van der Waals surface area (Å²) in [6.07, 6.45) is 4.12. The molecule has 0 radical (unpaired) electrons. The van der Waals surface area contributed by atoms with Crippen LogP contribution in [-0.2, 0) is 0 Å². The van der Waals surface area contributed by atoms with Gasteiger partial charge >= 0.3 is 0 Å². The minimum atomic E-state index is -0.387. The van der Waals surface area contributed by atoms with E-state index in [1.165, 1.54) is 0 Å². The number of anilines is 4. The van der Waals surface area contributed by atoms with Crippen molar-refractivity contribution < 1.29 is 4.74 Å². The summed E-state index contributed by atoms with van der Waals surface area (Å²) < 4.78 is 6.82. The molecule has 0 aliphatic carbocycles. The summed E-state index contributed by atoms with van der Waals surface area (Å²) in [6, 6.07) is 45.0. The van der Waals surface area contributed by atoms with E-state index in [4.69, 9.17) is 4.74 Å². The molecule has 5 aromatic carbocycles. The number of ether oxygens (including phenoxy) is 1. The summed E-state index contributed by atoms with van der Waals surface area (Å²) in [5.74, 6) is 0.811. The summed E-state index contributed by atoms with van der Waals surface area (Å²) in [5.41, 5.74) is 11.3. The molecule has 5 rings (SSSR count). The van der Waals surface area contributed by atoms with Crippen molar-refractivity contribution in [2.75, 3.05) is 76.0 Å². The van der Waals surface area contributed by atoms with Gasteiger partial charge in [-0.2, -0.15) is 0 Å². The molecular formula is C43H48N4O. The lowest BCUT2D eigenvalue weighted by Gasteiger charge is -2.20. The van der Waals surface area contributed by atoms with E-state index in [2.05, 4.69) is 185 Å². The van der Waals surface area contributed by atoms with E-state index >= 15 is 0 Å². The SMILES string of the molecule is CN(C)c1ccc(C(=CC(C=C(c2ccc(N(C)C)cc2)c2ccc(N(C)C)cc2)Oc2ccccc2)c2ccc(N(C)C)cc2)cc1. The standard InChI is InChI=1S/C43H48N4O/c1-44(2)36-22-14-32(15-23-36)42(33-16-24-37(25-17-33)45(3)4)30-41(48-40-12-10-9-11-13-40)31-43(34-18-26-38(27-19-34)46(5)6)35-20-28-39(29-21-35)47(7)8/h9-31,41H,1-8H3. The summed E-state index contributed by atoms with van der Waals surface area (Å²) in [5, 5.41) is 0. The van der Waals surface area contributed by atoms with E-state index in [-0.39, 0.29) is 6.10 Å². The van der Waals surface area contributed by atoms with Gasteiger partial charge in [0.15, 0.2) is 0 Å². The van der Waals surface area contributed by atoms with Crippen LogP contribution >= 0.6 is 0 Å². The third-order valence-corrected chi connectivity index (χ3v) is 8.46. The maximum atomic E-state index is 6.82. The van der Waals surface area contributed by atoms with Gasteiger partial charge in [-0.15, -0.1) is 0 Å². The van der Waals surface area contributed by atoms with Gasteiger partial charge in [0.05, 0.1) is 0 Å². The Hall–Kier alpha value is -5.42. The number of benzene rings is 5.